The van der Waals surface area contributed by atoms with Crippen LogP contribution in [0.3, 0.4) is 0 Å². The molecule has 5 heterocycles. The van der Waals surface area contributed by atoms with Gasteiger partial charge in [0.15, 0.2) is 0 Å². The van der Waals surface area contributed by atoms with Gasteiger partial charge in [-0.2, -0.15) is 15.3 Å². The molecule has 3 aromatic heterocycles. The van der Waals surface area contributed by atoms with Gasteiger partial charge in [-0.25, -0.2) is 9.78 Å². The molecule has 208 valence electrons. The number of ether oxygens (including phenoxy) is 2. The highest BCUT2D eigenvalue weighted by Gasteiger charge is 2.47. The second kappa shape index (κ2) is 10.4. The molecule has 40 heavy (non-hydrogen) atoms. The number of aryl methyl sites for hydroxylation is 2. The smallest absolute Gasteiger partial charge is 0.409 e. The lowest BCUT2D eigenvalue weighted by Crippen LogP contribution is -2.64. The summed E-state index contributed by atoms with van der Waals surface area (Å²) in [7, 11) is 0. The summed E-state index contributed by atoms with van der Waals surface area (Å²) in [5.41, 5.74) is 5.82. The summed E-state index contributed by atoms with van der Waals surface area (Å²) in [6.45, 7) is 11.6. The van der Waals surface area contributed by atoms with Crippen molar-refractivity contribution in [3.63, 3.8) is 0 Å². The second-order valence-electron chi connectivity index (χ2n) is 11.1. The molecule has 4 aromatic rings. The number of anilines is 1. The third kappa shape index (κ3) is 4.82. The Kier molecular flexibility index (Phi) is 6.77. The lowest BCUT2D eigenvalue weighted by molar-refractivity contribution is 0.0433. The van der Waals surface area contributed by atoms with Crippen LogP contribution >= 0.6 is 0 Å². The predicted molar refractivity (Wildman–Crippen MR) is 152 cm³/mol. The van der Waals surface area contributed by atoms with Crippen LogP contribution in [-0.2, 0) is 4.74 Å². The molecular weight excluding hydrogens is 506 g/mol. The zero-order chi connectivity index (χ0) is 27.9. The van der Waals surface area contributed by atoms with Crippen LogP contribution in [0.1, 0.15) is 49.6 Å². The summed E-state index contributed by atoms with van der Waals surface area (Å²) in [4.78, 5) is 21.2. The Morgan fingerprint density at radius 1 is 1.15 bits per heavy atom. The Bertz CT molecular complexity index is 1510. The standard InChI is InChI=1S/C30H35N7O3/c1-5-39-29(38)36-12-6-11-30(16-36)17-37(18-30)26-10-7-22(15-31-26)28-24-13-23(8-9-25(24)34-35-28)40-21(4)27-19(2)14-32-33-20(27)3/h7-10,13-15,21H,5-6,11-12,16-18H2,1-4H3,(H,34,35)/t21-/m1/s1. The van der Waals surface area contributed by atoms with Crippen LogP contribution < -0.4 is 9.64 Å². The van der Waals surface area contributed by atoms with Crippen molar-refractivity contribution in [1.29, 1.82) is 0 Å². The molecule has 0 saturated carbocycles. The number of pyridine rings is 1. The van der Waals surface area contributed by atoms with Crippen molar-refractivity contribution in [1.82, 2.24) is 30.3 Å². The summed E-state index contributed by atoms with van der Waals surface area (Å²) in [5.74, 6) is 1.70. The molecule has 2 saturated heterocycles. The highest BCUT2D eigenvalue weighted by Crippen LogP contribution is 2.41. The van der Waals surface area contributed by atoms with E-state index in [2.05, 4.69) is 37.4 Å². The highest BCUT2D eigenvalue weighted by atomic mass is 16.6. The van der Waals surface area contributed by atoms with Gasteiger partial charge in [0.2, 0.25) is 0 Å². The number of aromatic amines is 1. The average molecular weight is 542 g/mol. The number of aromatic nitrogens is 5. The summed E-state index contributed by atoms with van der Waals surface area (Å²) in [5, 5.41) is 16.9. The summed E-state index contributed by atoms with van der Waals surface area (Å²) in [6.07, 6.45) is 5.41. The lowest BCUT2D eigenvalue weighted by atomic mass is 9.73. The number of benzene rings is 1. The number of amides is 1. The minimum absolute atomic E-state index is 0.126. The fourth-order valence-corrected chi connectivity index (χ4v) is 6.25. The molecule has 0 unspecified atom stereocenters. The normalized spacial score (nSPS) is 17.1. The molecule has 0 aliphatic carbocycles. The number of hydrogen-bond acceptors (Lipinski definition) is 8. The van der Waals surface area contributed by atoms with Gasteiger partial charge in [-0.15, -0.1) is 0 Å². The van der Waals surface area contributed by atoms with Crippen molar-refractivity contribution in [2.75, 3.05) is 37.7 Å². The molecule has 2 aliphatic heterocycles. The van der Waals surface area contributed by atoms with Gasteiger partial charge in [0, 0.05) is 54.3 Å². The number of carbonyl (C=O) groups is 1. The van der Waals surface area contributed by atoms with Gasteiger partial charge in [0.1, 0.15) is 23.4 Å². The molecule has 1 atom stereocenters. The van der Waals surface area contributed by atoms with E-state index in [1.807, 2.05) is 57.0 Å². The summed E-state index contributed by atoms with van der Waals surface area (Å²) in [6, 6.07) is 10.1. The topological polar surface area (TPSA) is 109 Å². The molecule has 10 nitrogen and oxygen atoms in total. The van der Waals surface area contributed by atoms with E-state index in [9.17, 15) is 4.79 Å². The molecule has 1 amide bonds. The van der Waals surface area contributed by atoms with Gasteiger partial charge in [0.25, 0.3) is 0 Å². The van der Waals surface area contributed by atoms with E-state index in [-0.39, 0.29) is 17.6 Å². The first-order valence-electron chi connectivity index (χ1n) is 13.9. The van der Waals surface area contributed by atoms with Crippen molar-refractivity contribution in [2.45, 2.75) is 46.6 Å². The van der Waals surface area contributed by atoms with Crippen molar-refractivity contribution in [3.05, 3.63) is 59.5 Å². The largest absolute Gasteiger partial charge is 0.486 e. The third-order valence-electron chi connectivity index (χ3n) is 8.11. The minimum Gasteiger partial charge on any atom is -0.486 e. The number of nitrogens with one attached hydrogen (secondary N) is 1. The maximum absolute atomic E-state index is 12.2. The molecule has 2 aliphatic rings. The van der Waals surface area contributed by atoms with Crippen LogP contribution in [0, 0.1) is 19.3 Å². The van der Waals surface area contributed by atoms with E-state index >= 15 is 0 Å². The molecule has 0 bridgehead atoms. The van der Waals surface area contributed by atoms with E-state index in [4.69, 9.17) is 14.5 Å². The van der Waals surface area contributed by atoms with Crippen LogP contribution in [0.4, 0.5) is 10.6 Å². The maximum atomic E-state index is 12.2. The highest BCUT2D eigenvalue weighted by molar-refractivity contribution is 5.93. The second-order valence-corrected chi connectivity index (χ2v) is 11.1. The molecule has 1 aromatic carbocycles. The molecule has 10 heteroatoms. The Labute approximate surface area is 233 Å². The van der Waals surface area contributed by atoms with Gasteiger partial charge >= 0.3 is 6.09 Å². The minimum atomic E-state index is -0.198. The van der Waals surface area contributed by atoms with Gasteiger partial charge in [-0.05, 0) is 76.4 Å². The molecule has 2 fully saturated rings. The summed E-state index contributed by atoms with van der Waals surface area (Å²) >= 11 is 0. The molecular formula is C30H35N7O3. The molecule has 1 N–H and O–H groups in total. The van der Waals surface area contributed by atoms with Gasteiger partial charge in [0.05, 0.1) is 24.0 Å². The first-order valence-corrected chi connectivity index (χ1v) is 13.9. The molecule has 0 radical (unpaired) electrons. The SMILES string of the molecule is CCOC(=O)N1CCCC2(C1)CN(c1ccc(-c3n[nH]c4ccc(O[C@H](C)c5c(C)cnnc5C)cc34)cn1)C2. The quantitative estimate of drug-likeness (QED) is 0.353. The van der Waals surface area contributed by atoms with Crippen LogP contribution in [0.2, 0.25) is 0 Å². The number of H-pyrrole nitrogens is 1. The predicted octanol–water partition coefficient (Wildman–Crippen LogP) is 5.23. The van der Waals surface area contributed by atoms with Crippen molar-refractivity contribution < 1.29 is 14.3 Å². The number of likely N-dealkylation sites (tertiary alicyclic amines) is 1. The zero-order valence-corrected chi connectivity index (χ0v) is 23.5. The van der Waals surface area contributed by atoms with Gasteiger partial charge in [-0.3, -0.25) is 5.10 Å². The summed E-state index contributed by atoms with van der Waals surface area (Å²) < 4.78 is 11.6. The number of hydrogen-bond donors (Lipinski definition) is 1. The lowest BCUT2D eigenvalue weighted by Gasteiger charge is -2.54. The van der Waals surface area contributed by atoms with Crippen molar-refractivity contribution in [2.24, 2.45) is 5.41 Å². The number of piperidine rings is 1. The Morgan fingerprint density at radius 2 is 2.00 bits per heavy atom. The van der Waals surface area contributed by atoms with E-state index < -0.39 is 0 Å². The monoisotopic (exact) mass is 541 g/mol. The first kappa shape index (κ1) is 26.0. The fourth-order valence-electron chi connectivity index (χ4n) is 6.25. The number of carbonyl (C=O) groups excluding carboxylic acids is 1. The molecule has 6 rings (SSSR count). The van der Waals surface area contributed by atoms with Crippen LogP contribution in [0.25, 0.3) is 22.2 Å². The maximum Gasteiger partial charge on any atom is 0.409 e. The number of rotatable bonds is 6. The van der Waals surface area contributed by atoms with E-state index in [1.54, 1.807) is 6.20 Å². The first-order chi connectivity index (χ1) is 19.4. The number of fused-ring (bicyclic) bond motifs is 1. The fraction of sp³-hybridized carbons (Fsp3) is 0.433. The van der Waals surface area contributed by atoms with Crippen LogP contribution in [0.15, 0.2) is 42.7 Å². The van der Waals surface area contributed by atoms with Crippen LogP contribution in [-0.4, -0.2) is 69.2 Å². The Balaban J connectivity index is 1.15. The van der Waals surface area contributed by atoms with E-state index in [1.165, 1.54) is 0 Å². The van der Waals surface area contributed by atoms with Crippen LogP contribution in [0.5, 0.6) is 5.75 Å². The van der Waals surface area contributed by atoms with Gasteiger partial charge < -0.3 is 19.3 Å². The zero-order valence-electron chi connectivity index (χ0n) is 23.5. The molecule has 1 spiro atoms. The van der Waals surface area contributed by atoms with E-state index in [0.717, 1.165) is 89.6 Å². The number of nitrogens with zero attached hydrogens (tertiary/aromatic N) is 6. The Hall–Kier alpha value is -4.21. The average Bonchev–Trinajstić information content (AvgIpc) is 3.35. The van der Waals surface area contributed by atoms with E-state index in [0.29, 0.717) is 6.61 Å². The van der Waals surface area contributed by atoms with Gasteiger partial charge in [-0.1, -0.05) is 0 Å². The third-order valence-corrected chi connectivity index (χ3v) is 8.11. The van der Waals surface area contributed by atoms with Crippen molar-refractivity contribution in [3.8, 4) is 17.0 Å². The Morgan fingerprint density at radius 3 is 2.75 bits per heavy atom. The van der Waals surface area contributed by atoms with Crippen molar-refractivity contribution >= 4 is 22.8 Å².